The van der Waals surface area contributed by atoms with Crippen LogP contribution in [0.5, 0.6) is 0 Å². The van der Waals surface area contributed by atoms with E-state index in [-0.39, 0.29) is 18.1 Å². The van der Waals surface area contributed by atoms with Crippen LogP contribution in [0.4, 0.5) is 5.69 Å². The molecule has 0 aromatic carbocycles. The molecule has 0 spiro atoms. The maximum atomic E-state index is 11.5. The van der Waals surface area contributed by atoms with Crippen LogP contribution >= 0.6 is 0 Å². The van der Waals surface area contributed by atoms with Crippen LogP contribution in [0.15, 0.2) is 15.8 Å². The molecule has 7 heteroatoms. The lowest BCUT2D eigenvalue weighted by molar-refractivity contribution is -0.121. The van der Waals surface area contributed by atoms with Gasteiger partial charge in [-0.15, -0.1) is 0 Å². The molecule has 0 atom stereocenters. The van der Waals surface area contributed by atoms with E-state index in [4.69, 9.17) is 5.73 Å². The molecule has 7 nitrogen and oxygen atoms in total. The number of H-pyrrole nitrogens is 1. The summed E-state index contributed by atoms with van der Waals surface area (Å²) in [5.74, 6) is 0.209. The van der Waals surface area contributed by atoms with Crippen LogP contribution in [0.3, 0.4) is 0 Å². The molecule has 1 amide bonds. The van der Waals surface area contributed by atoms with Gasteiger partial charge in [-0.1, -0.05) is 13.8 Å². The van der Waals surface area contributed by atoms with Crippen molar-refractivity contribution in [3.63, 3.8) is 0 Å². The first-order valence-electron chi connectivity index (χ1n) is 5.76. The second-order valence-corrected chi connectivity index (χ2v) is 4.50. The van der Waals surface area contributed by atoms with Crippen molar-refractivity contribution in [3.8, 4) is 0 Å². The summed E-state index contributed by atoms with van der Waals surface area (Å²) in [7, 11) is 0. The summed E-state index contributed by atoms with van der Waals surface area (Å²) in [6.45, 7) is 4.51. The highest BCUT2D eigenvalue weighted by Crippen LogP contribution is 1.96. The Morgan fingerprint density at radius 3 is 2.78 bits per heavy atom. The van der Waals surface area contributed by atoms with Gasteiger partial charge < -0.3 is 11.1 Å². The molecule has 1 aromatic heterocycles. The fourth-order valence-corrected chi connectivity index (χ4v) is 1.35. The van der Waals surface area contributed by atoms with Crippen molar-refractivity contribution in [2.24, 2.45) is 5.92 Å². The Balaban J connectivity index is 2.62. The topological polar surface area (TPSA) is 110 Å². The molecule has 0 fully saturated rings. The van der Waals surface area contributed by atoms with Crippen molar-refractivity contribution in [3.05, 3.63) is 27.0 Å². The zero-order valence-corrected chi connectivity index (χ0v) is 10.5. The number of nitrogens with two attached hydrogens (primary N) is 1. The van der Waals surface area contributed by atoms with E-state index in [9.17, 15) is 14.4 Å². The highest BCUT2D eigenvalue weighted by Gasteiger charge is 2.06. The summed E-state index contributed by atoms with van der Waals surface area (Å²) in [4.78, 5) is 36.0. The molecule has 1 rings (SSSR count). The van der Waals surface area contributed by atoms with Crippen molar-refractivity contribution in [1.82, 2.24) is 14.9 Å². The first kappa shape index (κ1) is 14.0. The van der Waals surface area contributed by atoms with Crippen LogP contribution in [0.2, 0.25) is 0 Å². The SMILES string of the molecule is CC(C)CCNC(=O)Cn1cc(N)c(=O)[nH]c1=O. The van der Waals surface area contributed by atoms with Gasteiger partial charge in [0, 0.05) is 12.7 Å². The molecule has 1 aromatic rings. The third kappa shape index (κ3) is 4.08. The van der Waals surface area contributed by atoms with Crippen LogP contribution in [-0.2, 0) is 11.3 Å². The monoisotopic (exact) mass is 254 g/mol. The van der Waals surface area contributed by atoms with E-state index in [0.717, 1.165) is 11.0 Å². The number of anilines is 1. The number of aromatic amines is 1. The predicted molar refractivity (Wildman–Crippen MR) is 68.2 cm³/mol. The molecule has 0 unspecified atom stereocenters. The third-order valence-electron chi connectivity index (χ3n) is 2.40. The number of amides is 1. The second-order valence-electron chi connectivity index (χ2n) is 4.50. The zero-order chi connectivity index (χ0) is 13.7. The van der Waals surface area contributed by atoms with Crippen LogP contribution < -0.4 is 22.3 Å². The number of hydrogen-bond acceptors (Lipinski definition) is 4. The quantitative estimate of drug-likeness (QED) is 0.644. The summed E-state index contributed by atoms with van der Waals surface area (Å²) >= 11 is 0. The van der Waals surface area contributed by atoms with Crippen molar-refractivity contribution in [2.45, 2.75) is 26.8 Å². The Bertz CT molecular complexity index is 530. The van der Waals surface area contributed by atoms with Gasteiger partial charge in [0.15, 0.2) is 0 Å². The van der Waals surface area contributed by atoms with Gasteiger partial charge in [0.05, 0.1) is 0 Å². The number of nitrogens with one attached hydrogen (secondary N) is 2. The Labute approximate surface area is 104 Å². The fourth-order valence-electron chi connectivity index (χ4n) is 1.35. The normalized spacial score (nSPS) is 10.6. The molecule has 100 valence electrons. The summed E-state index contributed by atoms with van der Waals surface area (Å²) in [6, 6.07) is 0. The fraction of sp³-hybridized carbons (Fsp3) is 0.545. The van der Waals surface area contributed by atoms with Gasteiger partial charge >= 0.3 is 5.69 Å². The second kappa shape index (κ2) is 6.04. The van der Waals surface area contributed by atoms with Crippen LogP contribution in [0, 0.1) is 5.92 Å². The lowest BCUT2D eigenvalue weighted by Crippen LogP contribution is -2.36. The summed E-state index contributed by atoms with van der Waals surface area (Å²) in [6.07, 6.45) is 2.04. The number of rotatable bonds is 5. The van der Waals surface area contributed by atoms with Crippen molar-refractivity contribution in [2.75, 3.05) is 12.3 Å². The zero-order valence-electron chi connectivity index (χ0n) is 10.5. The molecule has 0 bridgehead atoms. The number of carbonyl (C=O) groups excluding carboxylic acids is 1. The van der Waals surface area contributed by atoms with Gasteiger partial charge in [-0.3, -0.25) is 19.1 Å². The Morgan fingerprint density at radius 1 is 1.50 bits per heavy atom. The molecular weight excluding hydrogens is 236 g/mol. The average molecular weight is 254 g/mol. The maximum absolute atomic E-state index is 11.5. The lowest BCUT2D eigenvalue weighted by atomic mass is 10.1. The Kier molecular flexibility index (Phi) is 4.70. The van der Waals surface area contributed by atoms with Crippen molar-refractivity contribution >= 4 is 11.6 Å². The van der Waals surface area contributed by atoms with Gasteiger partial charge in [-0.25, -0.2) is 4.79 Å². The largest absolute Gasteiger partial charge is 0.393 e. The minimum Gasteiger partial charge on any atom is -0.393 e. The number of aromatic nitrogens is 2. The number of nitrogens with zero attached hydrogens (tertiary/aromatic N) is 1. The van der Waals surface area contributed by atoms with Gasteiger partial charge in [0.25, 0.3) is 5.56 Å². The summed E-state index contributed by atoms with van der Waals surface area (Å²) < 4.78 is 1.07. The molecule has 18 heavy (non-hydrogen) atoms. The average Bonchev–Trinajstić information content (AvgIpc) is 2.25. The van der Waals surface area contributed by atoms with Crippen LogP contribution in [-0.4, -0.2) is 22.0 Å². The van der Waals surface area contributed by atoms with E-state index in [1.165, 1.54) is 6.20 Å². The van der Waals surface area contributed by atoms with Crippen molar-refractivity contribution in [1.29, 1.82) is 0 Å². The first-order valence-corrected chi connectivity index (χ1v) is 5.76. The minimum absolute atomic E-state index is 0.0930. The number of hydrogen-bond donors (Lipinski definition) is 3. The highest BCUT2D eigenvalue weighted by molar-refractivity contribution is 5.75. The molecule has 4 N–H and O–H groups in total. The minimum atomic E-state index is -0.645. The van der Waals surface area contributed by atoms with Crippen LogP contribution in [0.1, 0.15) is 20.3 Å². The Hall–Kier alpha value is -2.05. The van der Waals surface area contributed by atoms with Gasteiger partial charge in [-0.05, 0) is 12.3 Å². The van der Waals surface area contributed by atoms with E-state index >= 15 is 0 Å². The van der Waals surface area contributed by atoms with Crippen molar-refractivity contribution < 1.29 is 4.79 Å². The first-order chi connectivity index (χ1) is 8.40. The highest BCUT2D eigenvalue weighted by atomic mass is 16.2. The molecule has 0 saturated heterocycles. The standard InChI is InChI=1S/C11H18N4O3/c1-7(2)3-4-13-9(16)6-15-5-8(12)10(17)14-11(15)18/h5,7H,3-4,6,12H2,1-2H3,(H,13,16)(H,14,17,18). The van der Waals surface area contributed by atoms with E-state index in [1.807, 2.05) is 4.98 Å². The molecule has 0 aliphatic carbocycles. The van der Waals surface area contributed by atoms with Gasteiger partial charge in [0.2, 0.25) is 5.91 Å². The van der Waals surface area contributed by atoms with Crippen LogP contribution in [0.25, 0.3) is 0 Å². The summed E-state index contributed by atoms with van der Waals surface area (Å²) in [5.41, 5.74) is 3.99. The molecular formula is C11H18N4O3. The smallest absolute Gasteiger partial charge is 0.328 e. The van der Waals surface area contributed by atoms with E-state index in [0.29, 0.717) is 12.5 Å². The van der Waals surface area contributed by atoms with Gasteiger partial charge in [-0.2, -0.15) is 0 Å². The maximum Gasteiger partial charge on any atom is 0.328 e. The summed E-state index contributed by atoms with van der Waals surface area (Å²) in [5, 5.41) is 2.69. The van der Waals surface area contributed by atoms with E-state index in [2.05, 4.69) is 19.2 Å². The Morgan fingerprint density at radius 2 is 2.17 bits per heavy atom. The molecule has 0 aliphatic rings. The van der Waals surface area contributed by atoms with E-state index in [1.54, 1.807) is 0 Å². The number of carbonyl (C=O) groups is 1. The van der Waals surface area contributed by atoms with E-state index < -0.39 is 11.2 Å². The molecule has 0 aliphatic heterocycles. The molecule has 0 saturated carbocycles. The predicted octanol–water partition coefficient (Wildman–Crippen LogP) is -0.719. The molecule has 1 heterocycles. The third-order valence-corrected chi connectivity index (χ3v) is 2.40. The lowest BCUT2D eigenvalue weighted by Gasteiger charge is -2.08. The van der Waals surface area contributed by atoms with Gasteiger partial charge in [0.1, 0.15) is 12.2 Å². The number of nitrogen functional groups attached to an aromatic ring is 1. The molecule has 0 radical (unpaired) electrons.